The highest BCUT2D eigenvalue weighted by molar-refractivity contribution is 5.49. The molecule has 0 amide bonds. The van der Waals surface area contributed by atoms with Gasteiger partial charge in [-0.1, -0.05) is 19.9 Å². The second kappa shape index (κ2) is 5.88. The van der Waals surface area contributed by atoms with Gasteiger partial charge in [0.1, 0.15) is 0 Å². The van der Waals surface area contributed by atoms with E-state index in [9.17, 15) is 0 Å². The maximum absolute atomic E-state index is 8.88. The molecule has 1 N–H and O–H groups in total. The van der Waals surface area contributed by atoms with Gasteiger partial charge in [0.05, 0.1) is 17.7 Å². The van der Waals surface area contributed by atoms with E-state index in [1.807, 2.05) is 24.3 Å². The Labute approximate surface area is 109 Å². The van der Waals surface area contributed by atoms with E-state index >= 15 is 0 Å². The largest absolute Gasteiger partial charge is 0.382 e. The van der Waals surface area contributed by atoms with Crippen LogP contribution >= 0.6 is 0 Å². The van der Waals surface area contributed by atoms with Crippen LogP contribution in [0.5, 0.6) is 0 Å². The van der Waals surface area contributed by atoms with Gasteiger partial charge in [0, 0.05) is 18.3 Å². The number of hydrogen-bond acceptors (Lipinski definition) is 3. The van der Waals surface area contributed by atoms with Gasteiger partial charge in [-0.2, -0.15) is 5.26 Å². The van der Waals surface area contributed by atoms with Crippen LogP contribution in [0.1, 0.15) is 32.3 Å². The number of benzene rings is 1. The van der Waals surface area contributed by atoms with Crippen molar-refractivity contribution in [2.45, 2.75) is 38.8 Å². The van der Waals surface area contributed by atoms with Gasteiger partial charge < -0.3 is 10.1 Å². The maximum atomic E-state index is 8.88. The monoisotopic (exact) mass is 244 g/mol. The minimum Gasteiger partial charge on any atom is -0.382 e. The summed E-state index contributed by atoms with van der Waals surface area (Å²) in [5.41, 5.74) is 1.73. The number of nitrogens with one attached hydrogen (secondary N) is 1. The highest BCUT2D eigenvalue weighted by Gasteiger charge is 2.24. The van der Waals surface area contributed by atoms with Gasteiger partial charge in [-0.25, -0.2) is 0 Å². The summed E-state index contributed by atoms with van der Waals surface area (Å²) in [7, 11) is 0. The number of anilines is 1. The quantitative estimate of drug-likeness (QED) is 0.888. The fourth-order valence-electron chi connectivity index (χ4n) is 2.34. The lowest BCUT2D eigenvalue weighted by Gasteiger charge is -2.33. The van der Waals surface area contributed by atoms with Crippen molar-refractivity contribution in [2.24, 2.45) is 5.92 Å². The Balaban J connectivity index is 1.98. The van der Waals surface area contributed by atoms with Crippen molar-refractivity contribution >= 4 is 5.69 Å². The van der Waals surface area contributed by atoms with Crippen LogP contribution in [-0.2, 0) is 4.74 Å². The SMILES string of the molecule is CC(C)C1CC(Nc2cccc(C#N)c2)CCO1. The summed E-state index contributed by atoms with van der Waals surface area (Å²) in [6, 6.07) is 10.3. The minimum atomic E-state index is 0.343. The third-order valence-corrected chi connectivity index (χ3v) is 3.42. The molecule has 0 bridgehead atoms. The summed E-state index contributed by atoms with van der Waals surface area (Å²) in [5, 5.41) is 12.4. The van der Waals surface area contributed by atoms with Crippen LogP contribution < -0.4 is 5.32 Å². The average Bonchev–Trinajstić information content (AvgIpc) is 2.39. The van der Waals surface area contributed by atoms with Gasteiger partial charge in [0.25, 0.3) is 0 Å². The Hall–Kier alpha value is -1.53. The minimum absolute atomic E-state index is 0.343. The highest BCUT2D eigenvalue weighted by Crippen LogP contribution is 2.23. The molecule has 1 saturated heterocycles. The van der Waals surface area contributed by atoms with Gasteiger partial charge in [0.15, 0.2) is 0 Å². The van der Waals surface area contributed by atoms with Gasteiger partial charge in [0.2, 0.25) is 0 Å². The average molecular weight is 244 g/mol. The molecule has 3 nitrogen and oxygen atoms in total. The van der Waals surface area contributed by atoms with Gasteiger partial charge in [-0.15, -0.1) is 0 Å². The summed E-state index contributed by atoms with van der Waals surface area (Å²) in [5.74, 6) is 0.556. The molecular formula is C15H20N2O. The normalized spacial score (nSPS) is 23.7. The topological polar surface area (TPSA) is 45.0 Å². The van der Waals surface area contributed by atoms with E-state index in [0.29, 0.717) is 23.6 Å². The van der Waals surface area contributed by atoms with E-state index in [1.165, 1.54) is 0 Å². The number of hydrogen-bond donors (Lipinski definition) is 1. The summed E-state index contributed by atoms with van der Waals surface area (Å²) in [4.78, 5) is 0. The van der Waals surface area contributed by atoms with Crippen molar-refractivity contribution in [1.82, 2.24) is 0 Å². The molecule has 2 atom stereocenters. The van der Waals surface area contributed by atoms with Crippen LogP contribution in [0.15, 0.2) is 24.3 Å². The molecular weight excluding hydrogens is 224 g/mol. The molecule has 3 heteroatoms. The first-order valence-electron chi connectivity index (χ1n) is 6.57. The van der Waals surface area contributed by atoms with Crippen LogP contribution in [0.2, 0.25) is 0 Å². The molecule has 1 heterocycles. The number of nitrogens with zero attached hydrogens (tertiary/aromatic N) is 1. The zero-order chi connectivity index (χ0) is 13.0. The van der Waals surface area contributed by atoms with Gasteiger partial charge in [-0.05, 0) is 37.0 Å². The zero-order valence-corrected chi connectivity index (χ0v) is 11.0. The van der Waals surface area contributed by atoms with E-state index in [4.69, 9.17) is 10.00 Å². The molecule has 0 saturated carbocycles. The molecule has 0 radical (unpaired) electrons. The van der Waals surface area contributed by atoms with Gasteiger partial charge >= 0.3 is 0 Å². The number of ether oxygens (including phenoxy) is 1. The molecule has 1 aromatic carbocycles. The lowest BCUT2D eigenvalue weighted by atomic mass is 9.95. The predicted octanol–water partition coefficient (Wildman–Crippen LogP) is 3.17. The standard InChI is InChI=1S/C15H20N2O/c1-11(2)15-9-14(6-7-18-15)17-13-5-3-4-12(8-13)10-16/h3-5,8,11,14-15,17H,6-7,9H2,1-2H3. The third-order valence-electron chi connectivity index (χ3n) is 3.42. The molecule has 2 unspecified atom stereocenters. The Bertz CT molecular complexity index is 436. The molecule has 1 aliphatic heterocycles. The van der Waals surface area contributed by atoms with Crippen molar-refractivity contribution < 1.29 is 4.74 Å². The molecule has 0 aromatic heterocycles. The fraction of sp³-hybridized carbons (Fsp3) is 0.533. The Morgan fingerprint density at radius 3 is 3.00 bits per heavy atom. The number of nitriles is 1. The molecule has 0 spiro atoms. The van der Waals surface area contributed by atoms with Crippen molar-refractivity contribution in [3.05, 3.63) is 29.8 Å². The van der Waals surface area contributed by atoms with Crippen LogP contribution in [0.25, 0.3) is 0 Å². The van der Waals surface area contributed by atoms with E-state index in [0.717, 1.165) is 25.1 Å². The van der Waals surface area contributed by atoms with Crippen LogP contribution in [0.3, 0.4) is 0 Å². The Morgan fingerprint density at radius 2 is 2.28 bits per heavy atom. The number of rotatable bonds is 3. The maximum Gasteiger partial charge on any atom is 0.0992 e. The van der Waals surface area contributed by atoms with Crippen molar-refractivity contribution in [3.8, 4) is 6.07 Å². The molecule has 1 aromatic rings. The first-order chi connectivity index (χ1) is 8.69. The zero-order valence-electron chi connectivity index (χ0n) is 11.0. The summed E-state index contributed by atoms with van der Waals surface area (Å²) >= 11 is 0. The lowest BCUT2D eigenvalue weighted by molar-refractivity contribution is -0.0160. The third kappa shape index (κ3) is 3.24. The Morgan fingerprint density at radius 1 is 1.44 bits per heavy atom. The predicted molar refractivity (Wildman–Crippen MR) is 72.4 cm³/mol. The van der Waals surface area contributed by atoms with Crippen molar-refractivity contribution in [3.63, 3.8) is 0 Å². The lowest BCUT2D eigenvalue weighted by Crippen LogP contribution is -2.36. The first-order valence-corrected chi connectivity index (χ1v) is 6.57. The molecule has 96 valence electrons. The van der Waals surface area contributed by atoms with Crippen LogP contribution in [0, 0.1) is 17.2 Å². The van der Waals surface area contributed by atoms with E-state index in [1.54, 1.807) is 0 Å². The van der Waals surface area contributed by atoms with Crippen molar-refractivity contribution in [1.29, 1.82) is 5.26 Å². The first kappa shape index (κ1) is 12.9. The summed E-state index contributed by atoms with van der Waals surface area (Å²) in [6.45, 7) is 5.21. The molecule has 2 rings (SSSR count). The summed E-state index contributed by atoms with van der Waals surface area (Å²) in [6.07, 6.45) is 2.41. The smallest absolute Gasteiger partial charge is 0.0992 e. The van der Waals surface area contributed by atoms with E-state index < -0.39 is 0 Å². The van der Waals surface area contributed by atoms with Crippen LogP contribution in [-0.4, -0.2) is 18.8 Å². The Kier molecular flexibility index (Phi) is 4.22. The second-order valence-electron chi connectivity index (χ2n) is 5.21. The fourth-order valence-corrected chi connectivity index (χ4v) is 2.34. The molecule has 18 heavy (non-hydrogen) atoms. The molecule has 1 aliphatic rings. The molecule has 0 aliphatic carbocycles. The van der Waals surface area contributed by atoms with Crippen LogP contribution in [0.4, 0.5) is 5.69 Å². The van der Waals surface area contributed by atoms with Crippen molar-refractivity contribution in [2.75, 3.05) is 11.9 Å². The van der Waals surface area contributed by atoms with E-state index in [2.05, 4.69) is 25.2 Å². The highest BCUT2D eigenvalue weighted by atomic mass is 16.5. The van der Waals surface area contributed by atoms with Gasteiger partial charge in [-0.3, -0.25) is 0 Å². The van der Waals surface area contributed by atoms with E-state index in [-0.39, 0.29) is 0 Å². The second-order valence-corrected chi connectivity index (χ2v) is 5.21. The molecule has 1 fully saturated rings. The summed E-state index contributed by atoms with van der Waals surface area (Å²) < 4.78 is 5.76.